The second kappa shape index (κ2) is 7.41. The van der Waals surface area contributed by atoms with E-state index in [-0.39, 0.29) is 0 Å². The summed E-state index contributed by atoms with van der Waals surface area (Å²) in [4.78, 5) is 13.4. The summed E-state index contributed by atoms with van der Waals surface area (Å²) in [5.41, 5.74) is 5.89. The van der Waals surface area contributed by atoms with Gasteiger partial charge in [0.05, 0.1) is 25.3 Å². The Hall–Kier alpha value is -3.47. The van der Waals surface area contributed by atoms with Crippen molar-refractivity contribution in [3.05, 3.63) is 78.4 Å². The minimum absolute atomic E-state index is 0.684. The molecule has 0 amide bonds. The molecule has 0 aliphatic rings. The van der Waals surface area contributed by atoms with Crippen molar-refractivity contribution >= 4 is 11.0 Å². The molecule has 4 rings (SSSR count). The largest absolute Gasteiger partial charge is 0.497 e. The van der Waals surface area contributed by atoms with Crippen LogP contribution < -0.4 is 9.47 Å². The monoisotopic (exact) mass is 357 g/mol. The van der Waals surface area contributed by atoms with E-state index in [1.165, 1.54) is 0 Å². The van der Waals surface area contributed by atoms with Crippen LogP contribution in [0.15, 0.2) is 67.1 Å². The first kappa shape index (κ1) is 17.0. The summed E-state index contributed by atoms with van der Waals surface area (Å²) in [6, 6.07) is 15.9. The fraction of sp³-hybridized carbons (Fsp3) is 0.136. The summed E-state index contributed by atoms with van der Waals surface area (Å²) in [7, 11) is 3.30. The number of benzene rings is 1. The van der Waals surface area contributed by atoms with Gasteiger partial charge in [-0.2, -0.15) is 0 Å². The number of nitrogens with zero attached hydrogens (tertiary/aromatic N) is 3. The van der Waals surface area contributed by atoms with E-state index in [9.17, 15) is 0 Å². The lowest BCUT2D eigenvalue weighted by molar-refractivity contribution is 0.393. The highest BCUT2D eigenvalue weighted by molar-refractivity contribution is 5.80. The van der Waals surface area contributed by atoms with Crippen LogP contribution in [-0.2, 0) is 6.42 Å². The molecule has 5 heteroatoms. The average molecular weight is 357 g/mol. The van der Waals surface area contributed by atoms with Gasteiger partial charge in [0.2, 0.25) is 0 Å². The van der Waals surface area contributed by atoms with Gasteiger partial charge in [-0.05, 0) is 53.6 Å². The van der Waals surface area contributed by atoms with E-state index in [1.54, 1.807) is 26.6 Å². The summed E-state index contributed by atoms with van der Waals surface area (Å²) < 4.78 is 10.7. The second-order valence-electron chi connectivity index (χ2n) is 6.20. The highest BCUT2D eigenvalue weighted by atomic mass is 16.5. The zero-order chi connectivity index (χ0) is 18.6. The molecule has 0 saturated carbocycles. The SMILES string of the molecule is COc1cc(Cc2ccc3ncc(-c4ccncc4)cc3n2)cc(OC)c1. The zero-order valence-corrected chi connectivity index (χ0v) is 15.2. The molecule has 0 radical (unpaired) electrons. The summed E-state index contributed by atoms with van der Waals surface area (Å²) >= 11 is 0. The molecule has 0 fully saturated rings. The van der Waals surface area contributed by atoms with Crippen LogP contribution in [0.5, 0.6) is 11.5 Å². The van der Waals surface area contributed by atoms with Gasteiger partial charge in [-0.1, -0.05) is 0 Å². The molecule has 0 bridgehead atoms. The summed E-state index contributed by atoms with van der Waals surface area (Å²) in [5, 5.41) is 0. The molecule has 3 heterocycles. The number of fused-ring (bicyclic) bond motifs is 1. The zero-order valence-electron chi connectivity index (χ0n) is 15.2. The fourth-order valence-electron chi connectivity index (χ4n) is 3.03. The lowest BCUT2D eigenvalue weighted by Gasteiger charge is -2.09. The molecule has 0 saturated heterocycles. The number of methoxy groups -OCH3 is 2. The Morgan fingerprint density at radius 1 is 0.778 bits per heavy atom. The molecule has 0 N–H and O–H groups in total. The summed E-state index contributed by atoms with van der Waals surface area (Å²) in [6.07, 6.45) is 6.11. The third-order valence-corrected chi connectivity index (χ3v) is 4.41. The van der Waals surface area contributed by atoms with Gasteiger partial charge in [0.25, 0.3) is 0 Å². The maximum atomic E-state index is 5.35. The van der Waals surface area contributed by atoms with E-state index < -0.39 is 0 Å². The molecule has 1 aromatic carbocycles. The smallest absolute Gasteiger partial charge is 0.122 e. The Morgan fingerprint density at radius 2 is 1.52 bits per heavy atom. The van der Waals surface area contributed by atoms with Crippen LogP contribution in [0, 0.1) is 0 Å². The molecule has 0 aliphatic carbocycles. The highest BCUT2D eigenvalue weighted by Crippen LogP contribution is 2.25. The molecule has 3 aromatic heterocycles. The standard InChI is InChI=1S/C22H19N3O2/c1-26-19-10-15(11-20(13-19)27-2)9-18-3-4-21-22(25-18)12-17(14-24-21)16-5-7-23-8-6-16/h3-8,10-14H,9H2,1-2H3. The minimum atomic E-state index is 0.684. The molecular formula is C22H19N3O2. The van der Waals surface area contributed by atoms with Gasteiger partial charge < -0.3 is 9.47 Å². The van der Waals surface area contributed by atoms with Crippen molar-refractivity contribution in [1.82, 2.24) is 15.0 Å². The van der Waals surface area contributed by atoms with Crippen molar-refractivity contribution in [2.45, 2.75) is 6.42 Å². The van der Waals surface area contributed by atoms with E-state index in [1.807, 2.05) is 48.7 Å². The first-order valence-electron chi connectivity index (χ1n) is 8.63. The highest BCUT2D eigenvalue weighted by Gasteiger charge is 2.07. The first-order valence-corrected chi connectivity index (χ1v) is 8.63. The topological polar surface area (TPSA) is 57.1 Å². The van der Waals surface area contributed by atoms with Gasteiger partial charge in [-0.3, -0.25) is 15.0 Å². The predicted molar refractivity (Wildman–Crippen MR) is 105 cm³/mol. The van der Waals surface area contributed by atoms with Gasteiger partial charge in [0.1, 0.15) is 11.5 Å². The molecular weight excluding hydrogens is 338 g/mol. The Kier molecular flexibility index (Phi) is 4.66. The van der Waals surface area contributed by atoms with Gasteiger partial charge in [-0.15, -0.1) is 0 Å². The minimum Gasteiger partial charge on any atom is -0.497 e. The van der Waals surface area contributed by atoms with Crippen LogP contribution >= 0.6 is 0 Å². The molecule has 0 spiro atoms. The van der Waals surface area contributed by atoms with Crippen LogP contribution in [0.4, 0.5) is 0 Å². The van der Waals surface area contributed by atoms with Crippen molar-refractivity contribution in [2.75, 3.05) is 14.2 Å². The van der Waals surface area contributed by atoms with Crippen molar-refractivity contribution in [1.29, 1.82) is 0 Å². The van der Waals surface area contributed by atoms with Crippen molar-refractivity contribution < 1.29 is 9.47 Å². The molecule has 0 aliphatic heterocycles. The number of rotatable bonds is 5. The molecule has 5 nitrogen and oxygen atoms in total. The molecule has 134 valence electrons. The van der Waals surface area contributed by atoms with Gasteiger partial charge in [0, 0.05) is 42.3 Å². The van der Waals surface area contributed by atoms with E-state index in [0.717, 1.165) is 44.9 Å². The number of aromatic nitrogens is 3. The number of pyridine rings is 3. The van der Waals surface area contributed by atoms with Gasteiger partial charge >= 0.3 is 0 Å². The van der Waals surface area contributed by atoms with Gasteiger partial charge in [0.15, 0.2) is 0 Å². The first-order chi connectivity index (χ1) is 13.2. The maximum absolute atomic E-state index is 5.35. The molecule has 0 unspecified atom stereocenters. The Morgan fingerprint density at radius 3 is 2.22 bits per heavy atom. The fourth-order valence-corrected chi connectivity index (χ4v) is 3.03. The van der Waals surface area contributed by atoms with Crippen molar-refractivity contribution in [3.8, 4) is 22.6 Å². The summed E-state index contributed by atoms with van der Waals surface area (Å²) in [6.45, 7) is 0. The van der Waals surface area contributed by atoms with Crippen LogP contribution in [0.3, 0.4) is 0 Å². The lowest BCUT2D eigenvalue weighted by atomic mass is 10.1. The van der Waals surface area contributed by atoms with Crippen LogP contribution in [0.1, 0.15) is 11.3 Å². The van der Waals surface area contributed by atoms with Crippen LogP contribution in [-0.4, -0.2) is 29.2 Å². The summed E-state index contributed by atoms with van der Waals surface area (Å²) in [5.74, 6) is 1.54. The van der Waals surface area contributed by atoms with Crippen molar-refractivity contribution in [2.24, 2.45) is 0 Å². The van der Waals surface area contributed by atoms with E-state index in [4.69, 9.17) is 14.5 Å². The third-order valence-electron chi connectivity index (χ3n) is 4.41. The van der Waals surface area contributed by atoms with Gasteiger partial charge in [-0.25, -0.2) is 0 Å². The maximum Gasteiger partial charge on any atom is 0.122 e. The second-order valence-corrected chi connectivity index (χ2v) is 6.20. The average Bonchev–Trinajstić information content (AvgIpc) is 2.73. The number of hydrogen-bond donors (Lipinski definition) is 0. The predicted octanol–water partition coefficient (Wildman–Crippen LogP) is 4.30. The molecule has 0 atom stereocenters. The van der Waals surface area contributed by atoms with Crippen LogP contribution in [0.2, 0.25) is 0 Å². The quantitative estimate of drug-likeness (QED) is 0.533. The van der Waals surface area contributed by atoms with Crippen molar-refractivity contribution in [3.63, 3.8) is 0 Å². The third kappa shape index (κ3) is 3.72. The molecule has 27 heavy (non-hydrogen) atoms. The van der Waals surface area contributed by atoms with E-state index >= 15 is 0 Å². The van der Waals surface area contributed by atoms with Crippen LogP contribution in [0.25, 0.3) is 22.2 Å². The Bertz CT molecular complexity index is 1060. The molecule has 4 aromatic rings. The Balaban J connectivity index is 1.69. The normalized spacial score (nSPS) is 10.7. The van der Waals surface area contributed by atoms with E-state index in [0.29, 0.717) is 6.42 Å². The number of hydrogen-bond acceptors (Lipinski definition) is 5. The van der Waals surface area contributed by atoms with E-state index in [2.05, 4.69) is 16.0 Å². The Labute approximate surface area is 157 Å². The number of ether oxygens (including phenoxy) is 2. The lowest BCUT2D eigenvalue weighted by Crippen LogP contribution is -1.96.